The van der Waals surface area contributed by atoms with Gasteiger partial charge in [-0.05, 0) is 57.6 Å². The Labute approximate surface area is 269 Å². The van der Waals surface area contributed by atoms with Crippen LogP contribution in [-0.2, 0) is 29.0 Å². The summed E-state index contributed by atoms with van der Waals surface area (Å²) in [6, 6.07) is 44.6. The summed E-state index contributed by atoms with van der Waals surface area (Å²) in [5.74, 6) is 1.09. The summed E-state index contributed by atoms with van der Waals surface area (Å²) in [6.07, 6.45) is 0.350. The fourth-order valence-electron chi connectivity index (χ4n) is 6.41. The van der Waals surface area contributed by atoms with Crippen molar-refractivity contribution >= 4 is 11.8 Å². The van der Waals surface area contributed by atoms with Gasteiger partial charge in [0.05, 0.1) is 6.61 Å². The lowest BCUT2D eigenvalue weighted by atomic mass is 9.81. The molecule has 0 aromatic heterocycles. The molecule has 0 unspecified atom stereocenters. The molecule has 5 aromatic carbocycles. The van der Waals surface area contributed by atoms with E-state index in [0.29, 0.717) is 44.2 Å². The number of ether oxygens (including phenoxy) is 2. The molecule has 2 aliphatic rings. The van der Waals surface area contributed by atoms with Crippen molar-refractivity contribution in [2.45, 2.75) is 37.6 Å². The molecule has 2 aliphatic heterocycles. The second-order valence-corrected chi connectivity index (χ2v) is 11.9. The lowest BCUT2D eigenvalue weighted by Gasteiger charge is -2.33. The van der Waals surface area contributed by atoms with E-state index in [9.17, 15) is 4.79 Å². The van der Waals surface area contributed by atoms with Gasteiger partial charge in [-0.3, -0.25) is 4.79 Å². The van der Waals surface area contributed by atoms with Crippen LogP contribution in [0.15, 0.2) is 138 Å². The highest BCUT2D eigenvalue weighted by molar-refractivity contribution is 6.01. The molecule has 0 radical (unpaired) electrons. The Bertz CT molecular complexity index is 1820. The lowest BCUT2D eigenvalue weighted by molar-refractivity contribution is -0.140. The summed E-state index contributed by atoms with van der Waals surface area (Å²) in [6.45, 7) is 1.48. The second-order valence-electron chi connectivity index (χ2n) is 11.9. The molecule has 6 nitrogen and oxygen atoms in total. The quantitative estimate of drug-likeness (QED) is 0.180. The molecule has 0 bridgehead atoms. The van der Waals surface area contributed by atoms with E-state index in [1.54, 1.807) is 0 Å². The molecule has 2 atom stereocenters. The Morgan fingerprint density at radius 2 is 1.39 bits per heavy atom. The lowest BCUT2D eigenvalue weighted by Crippen LogP contribution is -2.49. The largest absolute Gasteiger partial charge is 0.494 e. The van der Waals surface area contributed by atoms with Crippen LogP contribution >= 0.6 is 0 Å². The summed E-state index contributed by atoms with van der Waals surface area (Å²) in [5.41, 5.74) is 5.97. The van der Waals surface area contributed by atoms with Gasteiger partial charge >= 0.3 is 0 Å². The Morgan fingerprint density at radius 3 is 2.11 bits per heavy atom. The molecule has 6 heteroatoms. The van der Waals surface area contributed by atoms with Crippen LogP contribution in [0.5, 0.6) is 5.75 Å². The van der Waals surface area contributed by atoms with Crippen molar-refractivity contribution < 1.29 is 19.4 Å². The van der Waals surface area contributed by atoms with Crippen molar-refractivity contribution in [3.63, 3.8) is 0 Å². The molecule has 230 valence electrons. The molecule has 0 aliphatic carbocycles. The van der Waals surface area contributed by atoms with Gasteiger partial charge in [-0.15, -0.1) is 0 Å². The van der Waals surface area contributed by atoms with Crippen molar-refractivity contribution in [1.82, 2.24) is 4.90 Å². The van der Waals surface area contributed by atoms with E-state index >= 15 is 0 Å². The van der Waals surface area contributed by atoms with Gasteiger partial charge in [-0.2, -0.15) is 0 Å². The van der Waals surface area contributed by atoms with Crippen LogP contribution in [0.1, 0.15) is 40.3 Å². The fraction of sp³-hybridized carbons (Fsp3) is 0.200. The number of fused-ring (bicyclic) bond motifs is 1. The van der Waals surface area contributed by atoms with Gasteiger partial charge < -0.3 is 19.5 Å². The average molecular weight is 609 g/mol. The number of rotatable bonds is 9. The topological polar surface area (TPSA) is 71.4 Å². The zero-order valence-corrected chi connectivity index (χ0v) is 25.6. The minimum absolute atomic E-state index is 0.0522. The molecule has 1 amide bonds. The molecule has 0 fully saturated rings. The zero-order valence-electron chi connectivity index (χ0n) is 25.6. The van der Waals surface area contributed by atoms with Crippen LogP contribution in [0.3, 0.4) is 0 Å². The average Bonchev–Trinajstić information content (AvgIpc) is 3.45. The monoisotopic (exact) mass is 608 g/mol. The third-order valence-electron chi connectivity index (χ3n) is 8.77. The normalized spacial score (nSPS) is 18.9. The Hall–Kier alpha value is -5.20. The highest BCUT2D eigenvalue weighted by Crippen LogP contribution is 2.46. The van der Waals surface area contributed by atoms with E-state index in [2.05, 4.69) is 60.7 Å². The standard InChI is InChI=1S/C40H36N2O4/c43-24-9-25-45-36-22-20-33(21-23-36)38-41-40(37(46-38)32-18-16-31(17-19-32)30-12-5-2-6-13-30)26-34-14-7-8-15-35(34)28-42(39(40)44)27-29-10-3-1-4-11-29/h1-8,10-23,37,43H,9,24-28H2/t37-,40-/m0/s1. The van der Waals surface area contributed by atoms with E-state index < -0.39 is 11.6 Å². The van der Waals surface area contributed by atoms with Crippen LogP contribution < -0.4 is 4.74 Å². The van der Waals surface area contributed by atoms with Gasteiger partial charge in [0.25, 0.3) is 5.91 Å². The SMILES string of the molecule is O=C1N(Cc2ccccc2)Cc2ccccc2C[C@@]12N=C(c1ccc(OCCCO)cc1)O[C@H]2c1ccc(-c2ccccc2)cc1. The molecule has 5 aromatic rings. The predicted octanol–water partition coefficient (Wildman–Crippen LogP) is 7.16. The second kappa shape index (κ2) is 13.0. The third kappa shape index (κ3) is 5.92. The van der Waals surface area contributed by atoms with Crippen LogP contribution in [0.2, 0.25) is 0 Å². The van der Waals surface area contributed by atoms with Crippen LogP contribution in [0, 0.1) is 0 Å². The number of benzene rings is 5. The first-order valence-electron chi connectivity index (χ1n) is 15.8. The summed E-state index contributed by atoms with van der Waals surface area (Å²) in [4.78, 5) is 22.2. The number of carbonyl (C=O) groups is 1. The van der Waals surface area contributed by atoms with Crippen LogP contribution in [-0.4, -0.2) is 40.6 Å². The van der Waals surface area contributed by atoms with E-state index in [1.165, 1.54) is 0 Å². The number of amides is 1. The van der Waals surface area contributed by atoms with Crippen molar-refractivity contribution in [3.05, 3.63) is 161 Å². The molecule has 2 heterocycles. The van der Waals surface area contributed by atoms with Crippen molar-refractivity contribution in [3.8, 4) is 16.9 Å². The van der Waals surface area contributed by atoms with E-state index in [1.807, 2.05) is 77.7 Å². The summed E-state index contributed by atoms with van der Waals surface area (Å²) < 4.78 is 12.5. The minimum Gasteiger partial charge on any atom is -0.494 e. The van der Waals surface area contributed by atoms with E-state index in [4.69, 9.17) is 19.6 Å². The first-order valence-corrected chi connectivity index (χ1v) is 15.8. The smallest absolute Gasteiger partial charge is 0.255 e. The highest BCUT2D eigenvalue weighted by Gasteiger charge is 2.56. The Balaban J connectivity index is 1.31. The number of carbonyl (C=O) groups excluding carboxylic acids is 1. The molecule has 0 saturated carbocycles. The number of aliphatic hydroxyl groups is 1. The minimum atomic E-state index is -1.21. The maximum Gasteiger partial charge on any atom is 0.255 e. The maximum absolute atomic E-state index is 15.0. The number of nitrogens with zero attached hydrogens (tertiary/aromatic N) is 2. The molecular formula is C40H36N2O4. The van der Waals surface area contributed by atoms with Crippen molar-refractivity contribution in [2.24, 2.45) is 4.99 Å². The molecule has 0 saturated heterocycles. The van der Waals surface area contributed by atoms with Gasteiger partial charge in [0.1, 0.15) is 5.75 Å². The van der Waals surface area contributed by atoms with E-state index in [0.717, 1.165) is 38.9 Å². The number of aliphatic hydroxyl groups excluding tert-OH is 1. The van der Waals surface area contributed by atoms with E-state index in [-0.39, 0.29) is 12.5 Å². The number of hydrogen-bond acceptors (Lipinski definition) is 5. The Morgan fingerprint density at radius 1 is 0.761 bits per heavy atom. The van der Waals surface area contributed by atoms with Gasteiger partial charge in [0.2, 0.25) is 5.90 Å². The molecule has 1 N–H and O–H groups in total. The summed E-state index contributed by atoms with van der Waals surface area (Å²) in [5, 5.41) is 9.11. The Kier molecular flexibility index (Phi) is 8.36. The predicted molar refractivity (Wildman–Crippen MR) is 179 cm³/mol. The molecule has 1 spiro atoms. The van der Waals surface area contributed by atoms with Gasteiger partial charge in [-0.25, -0.2) is 4.99 Å². The van der Waals surface area contributed by atoms with Gasteiger partial charge in [-0.1, -0.05) is 109 Å². The van der Waals surface area contributed by atoms with Crippen molar-refractivity contribution in [2.75, 3.05) is 13.2 Å². The molecular weight excluding hydrogens is 572 g/mol. The maximum atomic E-state index is 15.0. The van der Waals surface area contributed by atoms with Gasteiger partial charge in [0, 0.05) is 38.1 Å². The van der Waals surface area contributed by atoms with Gasteiger partial charge in [0.15, 0.2) is 11.6 Å². The first-order chi connectivity index (χ1) is 22.6. The van der Waals surface area contributed by atoms with Crippen molar-refractivity contribution in [1.29, 1.82) is 0 Å². The fourth-order valence-corrected chi connectivity index (χ4v) is 6.41. The highest BCUT2D eigenvalue weighted by atomic mass is 16.5. The first kappa shape index (κ1) is 29.5. The van der Waals surface area contributed by atoms with Crippen LogP contribution in [0.25, 0.3) is 11.1 Å². The van der Waals surface area contributed by atoms with Crippen LogP contribution in [0.4, 0.5) is 0 Å². The summed E-state index contributed by atoms with van der Waals surface area (Å²) >= 11 is 0. The summed E-state index contributed by atoms with van der Waals surface area (Å²) in [7, 11) is 0. The number of aliphatic imine (C=N–C) groups is 1. The zero-order chi connectivity index (χ0) is 31.3. The molecule has 7 rings (SSSR count). The number of hydrogen-bond donors (Lipinski definition) is 1. The molecule has 46 heavy (non-hydrogen) atoms. The third-order valence-corrected chi connectivity index (χ3v) is 8.77.